The largest absolute Gasteiger partial charge is 0.340 e. The van der Waals surface area contributed by atoms with Gasteiger partial charge in [0.15, 0.2) is 0 Å². The number of rotatable bonds is 4. The minimum atomic E-state index is -0.576. The topological polar surface area (TPSA) is 35.2 Å². The van der Waals surface area contributed by atoms with Crippen molar-refractivity contribution in [2.45, 2.75) is 39.3 Å². The molecule has 26 heavy (non-hydrogen) atoms. The van der Waals surface area contributed by atoms with E-state index in [1.54, 1.807) is 0 Å². The van der Waals surface area contributed by atoms with Crippen LogP contribution in [0.5, 0.6) is 0 Å². The van der Waals surface area contributed by atoms with Crippen LogP contribution in [-0.2, 0) is 13.0 Å². The predicted octanol–water partition coefficient (Wildman–Crippen LogP) is 3.44. The van der Waals surface area contributed by atoms with E-state index in [1.165, 1.54) is 31.6 Å². The SMILES string of the molecule is CC(C)N1CCC(CN2CCc3nc(-c4ccc(F)cc4F)[nH]c3C2)C1. The normalized spacial score (nSPS) is 21.5. The molecule has 0 saturated carbocycles. The molecule has 0 aliphatic carbocycles. The molecular weight excluding hydrogens is 334 g/mol. The minimum absolute atomic E-state index is 0.329. The van der Waals surface area contributed by atoms with Crippen LogP contribution in [0.25, 0.3) is 11.4 Å². The Labute approximate surface area is 153 Å². The smallest absolute Gasteiger partial charge is 0.140 e. The molecule has 1 fully saturated rings. The molecule has 3 heterocycles. The van der Waals surface area contributed by atoms with Gasteiger partial charge in [0.2, 0.25) is 0 Å². The van der Waals surface area contributed by atoms with Gasteiger partial charge in [0, 0.05) is 44.7 Å². The zero-order valence-corrected chi connectivity index (χ0v) is 15.4. The van der Waals surface area contributed by atoms with Gasteiger partial charge in [-0.3, -0.25) is 4.90 Å². The lowest BCUT2D eigenvalue weighted by molar-refractivity contribution is 0.200. The summed E-state index contributed by atoms with van der Waals surface area (Å²) in [7, 11) is 0. The van der Waals surface area contributed by atoms with E-state index in [4.69, 9.17) is 0 Å². The molecule has 1 aromatic heterocycles. The Kier molecular flexibility index (Phi) is 4.80. The van der Waals surface area contributed by atoms with E-state index < -0.39 is 11.6 Å². The Morgan fingerprint density at radius 3 is 2.85 bits per heavy atom. The number of likely N-dealkylation sites (tertiary alicyclic amines) is 1. The highest BCUT2D eigenvalue weighted by Crippen LogP contribution is 2.27. The van der Waals surface area contributed by atoms with Gasteiger partial charge in [-0.2, -0.15) is 0 Å². The molecule has 4 rings (SSSR count). The Bertz CT molecular complexity index is 786. The number of hydrogen-bond acceptors (Lipinski definition) is 3. The maximum atomic E-state index is 14.0. The van der Waals surface area contributed by atoms with Crippen LogP contribution in [0, 0.1) is 17.6 Å². The maximum absolute atomic E-state index is 14.0. The average molecular weight is 360 g/mol. The number of aromatic nitrogens is 2. The minimum Gasteiger partial charge on any atom is -0.340 e. The third-order valence-corrected chi connectivity index (χ3v) is 5.66. The monoisotopic (exact) mass is 360 g/mol. The van der Waals surface area contributed by atoms with Gasteiger partial charge in [0.05, 0.1) is 17.0 Å². The van der Waals surface area contributed by atoms with E-state index in [2.05, 4.69) is 33.6 Å². The summed E-state index contributed by atoms with van der Waals surface area (Å²) in [5.41, 5.74) is 2.40. The van der Waals surface area contributed by atoms with E-state index >= 15 is 0 Å². The molecule has 2 aliphatic rings. The molecule has 0 spiro atoms. The molecule has 2 aliphatic heterocycles. The number of benzene rings is 1. The zero-order chi connectivity index (χ0) is 18.3. The van der Waals surface area contributed by atoms with Gasteiger partial charge < -0.3 is 9.88 Å². The fourth-order valence-corrected chi connectivity index (χ4v) is 4.16. The van der Waals surface area contributed by atoms with Crippen LogP contribution in [0.3, 0.4) is 0 Å². The second kappa shape index (κ2) is 7.08. The van der Waals surface area contributed by atoms with Gasteiger partial charge in [0.1, 0.15) is 17.5 Å². The number of hydrogen-bond donors (Lipinski definition) is 1. The molecule has 0 radical (unpaired) electrons. The molecule has 1 saturated heterocycles. The summed E-state index contributed by atoms with van der Waals surface area (Å²) >= 11 is 0. The molecule has 4 nitrogen and oxygen atoms in total. The summed E-state index contributed by atoms with van der Waals surface area (Å²) in [5, 5.41) is 0. The van der Waals surface area contributed by atoms with Crippen molar-refractivity contribution in [3.05, 3.63) is 41.2 Å². The van der Waals surface area contributed by atoms with Gasteiger partial charge in [0.25, 0.3) is 0 Å². The van der Waals surface area contributed by atoms with Crippen molar-refractivity contribution in [3.63, 3.8) is 0 Å². The number of halogens is 2. The summed E-state index contributed by atoms with van der Waals surface area (Å²) in [4.78, 5) is 12.8. The second-order valence-electron chi connectivity index (χ2n) is 7.86. The first-order valence-corrected chi connectivity index (χ1v) is 9.49. The van der Waals surface area contributed by atoms with Crippen molar-refractivity contribution in [1.82, 2.24) is 19.8 Å². The fraction of sp³-hybridized carbons (Fsp3) is 0.550. The molecular formula is C20H26F2N4. The number of nitrogens with one attached hydrogen (secondary N) is 1. The molecule has 6 heteroatoms. The summed E-state index contributed by atoms with van der Waals surface area (Å²) < 4.78 is 27.2. The van der Waals surface area contributed by atoms with Crippen LogP contribution < -0.4 is 0 Å². The second-order valence-corrected chi connectivity index (χ2v) is 7.86. The van der Waals surface area contributed by atoms with Gasteiger partial charge >= 0.3 is 0 Å². The van der Waals surface area contributed by atoms with Crippen LogP contribution in [0.15, 0.2) is 18.2 Å². The van der Waals surface area contributed by atoms with Gasteiger partial charge in [-0.05, 0) is 44.9 Å². The molecule has 1 aromatic carbocycles. The van der Waals surface area contributed by atoms with Crippen molar-refractivity contribution in [1.29, 1.82) is 0 Å². The van der Waals surface area contributed by atoms with Crippen molar-refractivity contribution in [3.8, 4) is 11.4 Å². The molecule has 2 aromatic rings. The Hall–Kier alpha value is -1.79. The third-order valence-electron chi connectivity index (χ3n) is 5.66. The fourth-order valence-electron chi connectivity index (χ4n) is 4.16. The highest BCUT2D eigenvalue weighted by molar-refractivity contribution is 5.57. The zero-order valence-electron chi connectivity index (χ0n) is 15.4. The number of H-pyrrole nitrogens is 1. The van der Waals surface area contributed by atoms with E-state index in [-0.39, 0.29) is 0 Å². The Morgan fingerprint density at radius 1 is 1.27 bits per heavy atom. The van der Waals surface area contributed by atoms with Gasteiger partial charge in [-0.25, -0.2) is 13.8 Å². The lowest BCUT2D eigenvalue weighted by Gasteiger charge is -2.29. The summed E-state index contributed by atoms with van der Waals surface area (Å²) in [6.45, 7) is 9.80. The van der Waals surface area contributed by atoms with Crippen molar-refractivity contribution in [2.75, 3.05) is 26.2 Å². The van der Waals surface area contributed by atoms with Crippen molar-refractivity contribution < 1.29 is 8.78 Å². The molecule has 140 valence electrons. The number of imidazole rings is 1. The number of aromatic amines is 1. The highest BCUT2D eigenvalue weighted by atomic mass is 19.1. The number of nitrogens with zero attached hydrogens (tertiary/aromatic N) is 3. The van der Waals surface area contributed by atoms with Crippen LogP contribution in [-0.4, -0.2) is 52.0 Å². The maximum Gasteiger partial charge on any atom is 0.140 e. The Morgan fingerprint density at radius 2 is 2.12 bits per heavy atom. The van der Waals surface area contributed by atoms with Crippen molar-refractivity contribution in [2.24, 2.45) is 5.92 Å². The summed E-state index contributed by atoms with van der Waals surface area (Å²) in [6, 6.07) is 4.25. The third kappa shape index (κ3) is 3.53. The summed E-state index contributed by atoms with van der Waals surface area (Å²) in [5.74, 6) is 0.0746. The molecule has 1 atom stereocenters. The van der Waals surface area contributed by atoms with Gasteiger partial charge in [-0.1, -0.05) is 0 Å². The van der Waals surface area contributed by atoms with Crippen LogP contribution in [0.2, 0.25) is 0 Å². The first-order chi connectivity index (χ1) is 12.5. The molecule has 0 bridgehead atoms. The highest BCUT2D eigenvalue weighted by Gasteiger charge is 2.28. The van der Waals surface area contributed by atoms with Gasteiger partial charge in [-0.15, -0.1) is 0 Å². The standard InChI is InChI=1S/C20H26F2N4/c1-13(2)26-8-5-14(11-26)10-25-7-6-18-19(12-25)24-20(23-18)16-4-3-15(21)9-17(16)22/h3-4,9,13-14H,5-8,10-12H2,1-2H3,(H,23,24). The Balaban J connectivity index is 1.44. The lowest BCUT2D eigenvalue weighted by atomic mass is 10.1. The van der Waals surface area contributed by atoms with E-state index in [0.717, 1.165) is 49.4 Å². The first-order valence-electron chi connectivity index (χ1n) is 9.49. The lowest BCUT2D eigenvalue weighted by Crippen LogP contribution is -2.36. The number of fused-ring (bicyclic) bond motifs is 1. The van der Waals surface area contributed by atoms with E-state index in [9.17, 15) is 8.78 Å². The quantitative estimate of drug-likeness (QED) is 0.907. The first kappa shape index (κ1) is 17.6. The predicted molar refractivity (Wildman–Crippen MR) is 97.7 cm³/mol. The molecule has 1 unspecified atom stereocenters. The summed E-state index contributed by atoms with van der Waals surface area (Å²) in [6.07, 6.45) is 2.13. The average Bonchev–Trinajstić information content (AvgIpc) is 3.21. The van der Waals surface area contributed by atoms with Crippen molar-refractivity contribution >= 4 is 0 Å². The molecule has 0 amide bonds. The van der Waals surface area contributed by atoms with E-state index in [0.29, 0.717) is 17.4 Å². The van der Waals surface area contributed by atoms with Crippen LogP contribution in [0.4, 0.5) is 8.78 Å². The van der Waals surface area contributed by atoms with Crippen LogP contribution >= 0.6 is 0 Å². The molecule has 1 N–H and O–H groups in total. The van der Waals surface area contributed by atoms with Crippen LogP contribution in [0.1, 0.15) is 31.7 Å². The van der Waals surface area contributed by atoms with E-state index in [1.807, 2.05) is 0 Å².